The van der Waals surface area contributed by atoms with E-state index in [9.17, 15) is 4.79 Å². The maximum Gasteiger partial charge on any atom is 0.305 e. The molecule has 128 valence electrons. The van der Waals surface area contributed by atoms with E-state index in [2.05, 4.69) is 26.1 Å². The Balaban J connectivity index is 1.75. The summed E-state index contributed by atoms with van der Waals surface area (Å²) in [5, 5.41) is 3.69. The molecule has 0 radical (unpaired) electrons. The van der Waals surface area contributed by atoms with E-state index in [1.807, 2.05) is 13.0 Å². The quantitative estimate of drug-likeness (QED) is 0.517. The van der Waals surface area contributed by atoms with Crippen molar-refractivity contribution >= 4 is 40.5 Å². The predicted octanol–water partition coefficient (Wildman–Crippen LogP) is 3.11. The summed E-state index contributed by atoms with van der Waals surface area (Å²) >= 11 is 6.01. The monoisotopic (exact) mass is 358 g/mol. The number of nitrogens with two attached hydrogens (primary N) is 1. The van der Waals surface area contributed by atoms with E-state index in [0.29, 0.717) is 10.8 Å². The summed E-state index contributed by atoms with van der Waals surface area (Å²) < 4.78 is 5.00. The van der Waals surface area contributed by atoms with Crippen molar-refractivity contribution in [3.63, 3.8) is 0 Å². The van der Waals surface area contributed by atoms with Crippen molar-refractivity contribution in [2.45, 2.75) is 6.92 Å². The molecule has 8 nitrogen and oxygen atoms in total. The summed E-state index contributed by atoms with van der Waals surface area (Å²) in [7, 11) is 0. The van der Waals surface area contributed by atoms with Crippen molar-refractivity contribution in [1.82, 2.24) is 15.4 Å². The van der Waals surface area contributed by atoms with E-state index in [1.54, 1.807) is 18.2 Å². The Kier molecular flexibility index (Phi) is 4.71. The Morgan fingerprint density at radius 2 is 2.04 bits per heavy atom. The molecule has 0 fully saturated rings. The third-order valence-electron chi connectivity index (χ3n) is 3.38. The lowest BCUT2D eigenvalue weighted by atomic mass is 10.2. The van der Waals surface area contributed by atoms with E-state index in [-0.39, 0.29) is 17.3 Å². The van der Waals surface area contributed by atoms with E-state index in [0.717, 1.165) is 11.3 Å². The van der Waals surface area contributed by atoms with Crippen LogP contribution in [0.25, 0.3) is 0 Å². The first-order valence-corrected chi connectivity index (χ1v) is 7.66. The van der Waals surface area contributed by atoms with E-state index in [1.165, 1.54) is 18.7 Å². The van der Waals surface area contributed by atoms with Gasteiger partial charge in [-0.05, 0) is 36.8 Å². The summed E-state index contributed by atoms with van der Waals surface area (Å²) in [5.41, 5.74) is 13.1. The Morgan fingerprint density at radius 1 is 1.24 bits per heavy atom. The minimum absolute atomic E-state index is 0.160. The zero-order valence-corrected chi connectivity index (χ0v) is 14.0. The number of hydrogen-bond donors (Lipinski definition) is 4. The molecule has 0 aliphatic carbocycles. The van der Waals surface area contributed by atoms with Crippen LogP contribution in [-0.4, -0.2) is 15.9 Å². The minimum Gasteiger partial charge on any atom is -0.459 e. The molecule has 1 aromatic carbocycles. The molecule has 1 amide bonds. The molecular formula is C16H15ClN6O2. The van der Waals surface area contributed by atoms with Crippen molar-refractivity contribution in [3.8, 4) is 0 Å². The zero-order chi connectivity index (χ0) is 17.8. The van der Waals surface area contributed by atoms with Gasteiger partial charge in [0.1, 0.15) is 12.0 Å². The molecule has 9 heteroatoms. The molecule has 0 aliphatic rings. The Labute approximate surface area is 148 Å². The van der Waals surface area contributed by atoms with Crippen molar-refractivity contribution in [1.29, 1.82) is 0 Å². The number of carbonyl (C=O) groups excluding carboxylic acids is 1. The molecule has 0 spiro atoms. The lowest BCUT2D eigenvalue weighted by molar-refractivity contribution is 0.0935. The number of carbonyl (C=O) groups is 1. The van der Waals surface area contributed by atoms with Gasteiger partial charge in [-0.2, -0.15) is 0 Å². The second-order valence-electron chi connectivity index (χ2n) is 5.13. The number of rotatable bonds is 5. The highest BCUT2D eigenvalue weighted by molar-refractivity contribution is 6.30. The highest BCUT2D eigenvalue weighted by Gasteiger charge is 2.12. The maximum atomic E-state index is 11.9. The molecule has 0 saturated heterocycles. The summed E-state index contributed by atoms with van der Waals surface area (Å²) in [5.74, 6) is 0.337. The molecule has 0 unspecified atom stereocenters. The number of nitrogens with one attached hydrogen (secondary N) is 3. The number of aryl methyl sites for hydroxylation is 1. The number of anilines is 4. The van der Waals surface area contributed by atoms with Crippen LogP contribution in [0.1, 0.15) is 16.1 Å². The third-order valence-corrected chi connectivity index (χ3v) is 3.61. The van der Waals surface area contributed by atoms with E-state index >= 15 is 0 Å². The number of hydrazine groups is 1. The number of benzene rings is 1. The number of nitrogens with zero attached hydrogens (tertiary/aromatic N) is 2. The molecule has 0 saturated carbocycles. The van der Waals surface area contributed by atoms with Gasteiger partial charge in [-0.15, -0.1) is 0 Å². The lowest BCUT2D eigenvalue weighted by Crippen LogP contribution is -2.30. The van der Waals surface area contributed by atoms with Gasteiger partial charge in [-0.25, -0.2) is 9.97 Å². The zero-order valence-electron chi connectivity index (χ0n) is 13.2. The van der Waals surface area contributed by atoms with Crippen LogP contribution < -0.4 is 21.9 Å². The summed E-state index contributed by atoms with van der Waals surface area (Å²) in [6, 6.07) is 8.59. The van der Waals surface area contributed by atoms with E-state index < -0.39 is 5.91 Å². The fourth-order valence-electron chi connectivity index (χ4n) is 2.04. The SMILES string of the molecule is Cc1ccc(Cl)cc1Nc1ncnc(NNC(=O)c2ccco2)c1N. The fourth-order valence-corrected chi connectivity index (χ4v) is 2.21. The molecule has 3 aromatic rings. The summed E-state index contributed by atoms with van der Waals surface area (Å²) in [4.78, 5) is 20.0. The molecule has 5 N–H and O–H groups in total. The van der Waals surface area contributed by atoms with Gasteiger partial charge >= 0.3 is 5.91 Å². The number of aromatic nitrogens is 2. The first-order chi connectivity index (χ1) is 12.0. The van der Waals surface area contributed by atoms with Crippen molar-refractivity contribution < 1.29 is 9.21 Å². The third kappa shape index (κ3) is 3.81. The van der Waals surface area contributed by atoms with Crippen LogP contribution in [0.2, 0.25) is 5.02 Å². The highest BCUT2D eigenvalue weighted by atomic mass is 35.5. The van der Waals surface area contributed by atoms with Crippen LogP contribution in [-0.2, 0) is 0 Å². The highest BCUT2D eigenvalue weighted by Crippen LogP contribution is 2.28. The van der Waals surface area contributed by atoms with Crippen LogP contribution >= 0.6 is 11.6 Å². The molecule has 0 bridgehead atoms. The topological polar surface area (TPSA) is 118 Å². The van der Waals surface area contributed by atoms with E-state index in [4.69, 9.17) is 21.8 Å². The molecule has 3 rings (SSSR count). The summed E-state index contributed by atoms with van der Waals surface area (Å²) in [6.07, 6.45) is 2.73. The van der Waals surface area contributed by atoms with Crippen LogP contribution in [0.5, 0.6) is 0 Å². The summed E-state index contributed by atoms with van der Waals surface area (Å²) in [6.45, 7) is 1.93. The van der Waals surface area contributed by atoms with Gasteiger partial charge in [0.05, 0.1) is 6.26 Å². The Morgan fingerprint density at radius 3 is 2.80 bits per heavy atom. The average molecular weight is 359 g/mol. The molecule has 25 heavy (non-hydrogen) atoms. The smallest absolute Gasteiger partial charge is 0.305 e. The van der Waals surface area contributed by atoms with Gasteiger partial charge in [-0.1, -0.05) is 17.7 Å². The van der Waals surface area contributed by atoms with Gasteiger partial charge in [0.25, 0.3) is 0 Å². The van der Waals surface area contributed by atoms with Gasteiger partial charge in [0.2, 0.25) is 0 Å². The molecule has 2 aromatic heterocycles. The predicted molar refractivity (Wildman–Crippen MR) is 95.7 cm³/mol. The second kappa shape index (κ2) is 7.10. The normalized spacial score (nSPS) is 10.3. The van der Waals surface area contributed by atoms with Crippen LogP contribution in [0.3, 0.4) is 0 Å². The van der Waals surface area contributed by atoms with Crippen LogP contribution in [0.15, 0.2) is 47.3 Å². The van der Waals surface area contributed by atoms with Gasteiger partial charge in [-0.3, -0.25) is 15.6 Å². The number of nitrogen functional groups attached to an aromatic ring is 1. The van der Waals surface area contributed by atoms with Crippen LogP contribution in [0.4, 0.5) is 23.0 Å². The lowest BCUT2D eigenvalue weighted by Gasteiger charge is -2.14. The fraction of sp³-hybridized carbons (Fsp3) is 0.0625. The van der Waals surface area contributed by atoms with Crippen molar-refractivity contribution in [3.05, 3.63) is 59.3 Å². The molecular weight excluding hydrogens is 344 g/mol. The largest absolute Gasteiger partial charge is 0.459 e. The Hall–Kier alpha value is -3.26. The number of halogens is 1. The molecule has 0 atom stereocenters. The van der Waals surface area contributed by atoms with Crippen molar-refractivity contribution in [2.75, 3.05) is 16.5 Å². The van der Waals surface area contributed by atoms with Gasteiger partial charge in [0, 0.05) is 10.7 Å². The van der Waals surface area contributed by atoms with Gasteiger partial charge in [0.15, 0.2) is 17.4 Å². The maximum absolute atomic E-state index is 11.9. The standard InChI is InChI=1S/C16H15ClN6O2/c1-9-4-5-10(17)7-11(9)21-14-13(18)15(20-8-19-14)22-23-16(24)12-3-2-6-25-12/h2-8H,18H2,1H3,(H,23,24)(H2,19,20,21,22). The number of furan rings is 1. The first-order valence-electron chi connectivity index (χ1n) is 7.28. The average Bonchev–Trinajstić information content (AvgIpc) is 3.13. The first kappa shape index (κ1) is 16.6. The van der Waals surface area contributed by atoms with Gasteiger partial charge < -0.3 is 15.5 Å². The number of hydrogen-bond acceptors (Lipinski definition) is 7. The molecule has 0 aliphatic heterocycles. The second-order valence-corrected chi connectivity index (χ2v) is 5.56. The molecule has 2 heterocycles. The number of amides is 1. The van der Waals surface area contributed by atoms with Crippen LogP contribution in [0, 0.1) is 6.92 Å². The van der Waals surface area contributed by atoms with Crippen molar-refractivity contribution in [2.24, 2.45) is 0 Å². The minimum atomic E-state index is -0.455. The Bertz CT molecular complexity index is 898.